The van der Waals surface area contributed by atoms with Crippen LogP contribution in [0.4, 0.5) is 0 Å². The van der Waals surface area contributed by atoms with E-state index in [1.807, 2.05) is 35.0 Å². The summed E-state index contributed by atoms with van der Waals surface area (Å²) in [4.78, 5) is 11.2. The summed E-state index contributed by atoms with van der Waals surface area (Å²) < 4.78 is 1.64. The summed E-state index contributed by atoms with van der Waals surface area (Å²) in [6, 6.07) is 9.34. The largest absolute Gasteiger partial charge is 0.298 e. The van der Waals surface area contributed by atoms with Gasteiger partial charge in [-0.25, -0.2) is 4.68 Å². The van der Waals surface area contributed by atoms with Crippen molar-refractivity contribution in [3.05, 3.63) is 57.9 Å². The van der Waals surface area contributed by atoms with E-state index in [1.54, 1.807) is 28.3 Å². The Balaban J connectivity index is 2.15. The second kappa shape index (κ2) is 4.99. The smallest absolute Gasteiger partial charge is 0.153 e. The molecule has 0 aliphatic rings. The molecule has 0 spiro atoms. The van der Waals surface area contributed by atoms with Gasteiger partial charge in [0.25, 0.3) is 0 Å². The van der Waals surface area contributed by atoms with Crippen molar-refractivity contribution in [2.45, 2.75) is 0 Å². The Kier molecular flexibility index (Phi) is 3.19. The van der Waals surface area contributed by atoms with Crippen LogP contribution in [0.1, 0.15) is 10.4 Å². The molecule has 3 aromatic rings. The van der Waals surface area contributed by atoms with Gasteiger partial charge in [0.2, 0.25) is 0 Å². The van der Waals surface area contributed by atoms with Crippen molar-refractivity contribution >= 4 is 29.2 Å². The minimum atomic E-state index is 0.554. The number of hydrogen-bond donors (Lipinski definition) is 0. The topological polar surface area (TPSA) is 34.9 Å². The van der Waals surface area contributed by atoms with E-state index in [9.17, 15) is 4.79 Å². The average Bonchev–Trinajstić information content (AvgIpc) is 3.08. The molecule has 2 aromatic heterocycles. The fraction of sp³-hybridized carbons (Fsp3) is 0. The summed E-state index contributed by atoms with van der Waals surface area (Å²) in [6.07, 6.45) is 2.51. The first-order valence-electron chi connectivity index (χ1n) is 5.62. The summed E-state index contributed by atoms with van der Waals surface area (Å²) >= 11 is 7.71. The second-order valence-electron chi connectivity index (χ2n) is 3.96. The number of hydrogen-bond acceptors (Lipinski definition) is 3. The SMILES string of the molecule is O=Cc1cn(-c2ccccc2Cl)nc1-c1ccsc1. The van der Waals surface area contributed by atoms with Crippen LogP contribution in [-0.2, 0) is 0 Å². The molecule has 0 aliphatic heterocycles. The Morgan fingerprint density at radius 1 is 1.26 bits per heavy atom. The molecule has 3 rings (SSSR count). The first-order valence-corrected chi connectivity index (χ1v) is 6.94. The van der Waals surface area contributed by atoms with Crippen LogP contribution >= 0.6 is 22.9 Å². The van der Waals surface area contributed by atoms with Crippen LogP contribution in [0.3, 0.4) is 0 Å². The van der Waals surface area contributed by atoms with Gasteiger partial charge in [0.1, 0.15) is 5.69 Å². The molecule has 0 amide bonds. The van der Waals surface area contributed by atoms with Gasteiger partial charge in [0, 0.05) is 17.1 Å². The van der Waals surface area contributed by atoms with Gasteiger partial charge in [-0.05, 0) is 23.6 Å². The molecule has 0 fully saturated rings. The highest BCUT2D eigenvalue weighted by Gasteiger charge is 2.13. The van der Waals surface area contributed by atoms with Crippen molar-refractivity contribution < 1.29 is 4.79 Å². The predicted molar refractivity (Wildman–Crippen MR) is 77.3 cm³/mol. The first-order chi connectivity index (χ1) is 9.29. The fourth-order valence-electron chi connectivity index (χ4n) is 1.86. The van der Waals surface area contributed by atoms with Gasteiger partial charge in [-0.3, -0.25) is 4.79 Å². The van der Waals surface area contributed by atoms with Crippen molar-refractivity contribution in [1.82, 2.24) is 9.78 Å². The normalized spacial score (nSPS) is 10.6. The van der Waals surface area contributed by atoms with E-state index in [1.165, 1.54) is 0 Å². The minimum Gasteiger partial charge on any atom is -0.298 e. The monoisotopic (exact) mass is 288 g/mol. The fourth-order valence-corrected chi connectivity index (χ4v) is 2.72. The number of nitrogens with zero attached hydrogens (tertiary/aromatic N) is 2. The van der Waals surface area contributed by atoms with Gasteiger partial charge in [-0.1, -0.05) is 23.7 Å². The van der Waals surface area contributed by atoms with Crippen molar-refractivity contribution in [1.29, 1.82) is 0 Å². The van der Waals surface area contributed by atoms with E-state index in [0.717, 1.165) is 17.5 Å². The van der Waals surface area contributed by atoms with Crippen molar-refractivity contribution in [2.75, 3.05) is 0 Å². The zero-order chi connectivity index (χ0) is 13.2. The quantitative estimate of drug-likeness (QED) is 0.681. The predicted octanol–water partition coefficient (Wildman–Crippen LogP) is 4.07. The van der Waals surface area contributed by atoms with E-state index in [4.69, 9.17) is 11.6 Å². The number of aromatic nitrogens is 2. The Hall–Kier alpha value is -1.91. The summed E-state index contributed by atoms with van der Waals surface area (Å²) in [7, 11) is 0. The van der Waals surface area contributed by atoms with Crippen LogP contribution in [0, 0.1) is 0 Å². The number of thiophene rings is 1. The molecule has 0 N–H and O–H groups in total. The van der Waals surface area contributed by atoms with Gasteiger partial charge in [-0.2, -0.15) is 16.4 Å². The maximum absolute atomic E-state index is 11.2. The van der Waals surface area contributed by atoms with E-state index >= 15 is 0 Å². The van der Waals surface area contributed by atoms with E-state index in [2.05, 4.69) is 5.10 Å². The molecule has 0 unspecified atom stereocenters. The van der Waals surface area contributed by atoms with Crippen LogP contribution < -0.4 is 0 Å². The molecular weight excluding hydrogens is 280 g/mol. The van der Waals surface area contributed by atoms with E-state index in [0.29, 0.717) is 16.3 Å². The summed E-state index contributed by atoms with van der Waals surface area (Å²) in [5.74, 6) is 0. The molecule has 1 aromatic carbocycles. The van der Waals surface area contributed by atoms with Crippen LogP contribution in [0.2, 0.25) is 5.02 Å². The Morgan fingerprint density at radius 3 is 2.79 bits per heavy atom. The highest BCUT2D eigenvalue weighted by atomic mass is 35.5. The summed E-state index contributed by atoms with van der Waals surface area (Å²) in [5, 5.41) is 8.98. The lowest BCUT2D eigenvalue weighted by molar-refractivity contribution is 0.112. The van der Waals surface area contributed by atoms with Crippen molar-refractivity contribution in [3.8, 4) is 16.9 Å². The molecule has 2 heterocycles. The Labute approximate surface area is 119 Å². The molecule has 3 nitrogen and oxygen atoms in total. The molecule has 94 valence electrons. The number of benzene rings is 1. The highest BCUT2D eigenvalue weighted by molar-refractivity contribution is 7.08. The Morgan fingerprint density at radius 2 is 2.11 bits per heavy atom. The van der Waals surface area contributed by atoms with Crippen LogP contribution in [0.25, 0.3) is 16.9 Å². The molecule has 0 bridgehead atoms. The molecule has 0 saturated carbocycles. The molecule has 0 radical (unpaired) electrons. The number of para-hydroxylation sites is 1. The van der Waals surface area contributed by atoms with E-state index < -0.39 is 0 Å². The van der Waals surface area contributed by atoms with Gasteiger partial charge in [0.05, 0.1) is 16.3 Å². The average molecular weight is 289 g/mol. The summed E-state index contributed by atoms with van der Waals surface area (Å²) in [5.41, 5.74) is 2.93. The zero-order valence-corrected chi connectivity index (χ0v) is 11.4. The number of carbonyl (C=O) groups excluding carboxylic acids is 1. The van der Waals surface area contributed by atoms with Gasteiger partial charge < -0.3 is 0 Å². The second-order valence-corrected chi connectivity index (χ2v) is 5.15. The van der Waals surface area contributed by atoms with Crippen LogP contribution in [-0.4, -0.2) is 16.1 Å². The number of aldehydes is 1. The third kappa shape index (κ3) is 2.20. The van der Waals surface area contributed by atoms with Crippen LogP contribution in [0.5, 0.6) is 0 Å². The van der Waals surface area contributed by atoms with Gasteiger partial charge >= 0.3 is 0 Å². The maximum atomic E-state index is 11.2. The van der Waals surface area contributed by atoms with Crippen molar-refractivity contribution in [2.24, 2.45) is 0 Å². The standard InChI is InChI=1S/C14H9ClN2OS/c15-12-3-1-2-4-13(12)17-7-11(8-18)14(16-17)10-5-6-19-9-10/h1-9H. The van der Waals surface area contributed by atoms with Gasteiger partial charge in [-0.15, -0.1) is 0 Å². The number of carbonyl (C=O) groups is 1. The lowest BCUT2D eigenvalue weighted by Crippen LogP contribution is -1.95. The molecular formula is C14H9ClN2OS. The molecule has 19 heavy (non-hydrogen) atoms. The van der Waals surface area contributed by atoms with E-state index in [-0.39, 0.29) is 0 Å². The van der Waals surface area contributed by atoms with Gasteiger partial charge in [0.15, 0.2) is 6.29 Å². The third-order valence-corrected chi connectivity index (χ3v) is 3.77. The lowest BCUT2D eigenvalue weighted by Gasteiger charge is -2.02. The van der Waals surface area contributed by atoms with Crippen molar-refractivity contribution in [3.63, 3.8) is 0 Å². The molecule has 0 atom stereocenters. The molecule has 0 saturated heterocycles. The maximum Gasteiger partial charge on any atom is 0.153 e. The number of rotatable bonds is 3. The summed E-state index contributed by atoms with van der Waals surface area (Å²) in [6.45, 7) is 0. The highest BCUT2D eigenvalue weighted by Crippen LogP contribution is 2.26. The zero-order valence-electron chi connectivity index (χ0n) is 9.79. The third-order valence-electron chi connectivity index (χ3n) is 2.76. The van der Waals surface area contributed by atoms with Crippen LogP contribution in [0.15, 0.2) is 47.3 Å². The lowest BCUT2D eigenvalue weighted by atomic mass is 10.2. The molecule has 0 aliphatic carbocycles. The number of halogens is 1. The Bertz CT molecular complexity index is 719. The first kappa shape index (κ1) is 12.1. The molecule has 5 heteroatoms. The minimum absolute atomic E-state index is 0.554.